The number of likely N-dealkylation sites (tertiary alicyclic amines) is 1. The highest BCUT2D eigenvalue weighted by Gasteiger charge is 2.24. The van der Waals surface area contributed by atoms with Gasteiger partial charge in [-0.15, -0.1) is 0 Å². The maximum absolute atomic E-state index is 12.1. The van der Waals surface area contributed by atoms with Crippen LogP contribution in [0.5, 0.6) is 0 Å². The molecule has 1 amide bonds. The second-order valence-corrected chi connectivity index (χ2v) is 5.13. The van der Waals surface area contributed by atoms with Crippen LogP contribution in [0.1, 0.15) is 44.2 Å². The third-order valence-electron chi connectivity index (χ3n) is 3.77. The summed E-state index contributed by atoms with van der Waals surface area (Å²) in [7, 11) is 0. The van der Waals surface area contributed by atoms with Crippen LogP contribution in [0, 0.1) is 0 Å². The fraction of sp³-hybridized carbons (Fsp3) is 0.533. The minimum absolute atomic E-state index is 0.0342. The number of amides is 1. The van der Waals surface area contributed by atoms with Crippen molar-refractivity contribution >= 4 is 5.91 Å². The number of rotatable bonds is 4. The molecule has 1 aromatic rings. The molecule has 3 heteroatoms. The molecular formula is C15H22N2O. The molecule has 18 heavy (non-hydrogen) atoms. The van der Waals surface area contributed by atoms with Crippen LogP contribution < -0.4 is 5.73 Å². The van der Waals surface area contributed by atoms with Gasteiger partial charge in [0.2, 0.25) is 5.91 Å². The molecule has 0 aliphatic carbocycles. The molecular weight excluding hydrogens is 224 g/mol. The molecule has 2 N–H and O–H groups in total. The Bertz CT molecular complexity index is 391. The average Bonchev–Trinajstić information content (AvgIpc) is 2.83. The van der Waals surface area contributed by atoms with Crippen molar-refractivity contribution in [1.29, 1.82) is 0 Å². The minimum atomic E-state index is -0.0342. The highest BCUT2D eigenvalue weighted by molar-refractivity contribution is 5.76. The smallest absolute Gasteiger partial charge is 0.222 e. The van der Waals surface area contributed by atoms with Crippen molar-refractivity contribution in [3.63, 3.8) is 0 Å². The Labute approximate surface area is 109 Å². The molecule has 1 aliphatic rings. The van der Waals surface area contributed by atoms with E-state index in [4.69, 9.17) is 5.73 Å². The van der Waals surface area contributed by atoms with E-state index < -0.39 is 0 Å². The van der Waals surface area contributed by atoms with Crippen LogP contribution in [-0.2, 0) is 4.79 Å². The Morgan fingerprint density at radius 2 is 2.17 bits per heavy atom. The first-order valence-electron chi connectivity index (χ1n) is 6.78. The molecule has 2 unspecified atom stereocenters. The molecule has 3 nitrogen and oxygen atoms in total. The zero-order valence-electron chi connectivity index (χ0n) is 11.0. The first-order chi connectivity index (χ1) is 8.68. The summed E-state index contributed by atoms with van der Waals surface area (Å²) < 4.78 is 0. The molecule has 0 radical (unpaired) electrons. The van der Waals surface area contributed by atoms with Gasteiger partial charge >= 0.3 is 0 Å². The van der Waals surface area contributed by atoms with Gasteiger partial charge in [0.25, 0.3) is 0 Å². The van der Waals surface area contributed by atoms with Crippen molar-refractivity contribution in [3.8, 4) is 0 Å². The first-order valence-corrected chi connectivity index (χ1v) is 6.78. The lowest BCUT2D eigenvalue weighted by Gasteiger charge is -2.22. The van der Waals surface area contributed by atoms with E-state index >= 15 is 0 Å². The van der Waals surface area contributed by atoms with E-state index in [9.17, 15) is 4.79 Å². The standard InChI is InChI=1S/C15H22N2O/c1-12-6-5-11-17(12)15(18)10-9-14(16)13-7-3-2-4-8-13/h2-4,7-8,12,14H,5-6,9-11,16H2,1H3. The maximum atomic E-state index is 12.1. The highest BCUT2D eigenvalue weighted by atomic mass is 16.2. The molecule has 0 saturated carbocycles. The van der Waals surface area contributed by atoms with E-state index in [1.165, 1.54) is 0 Å². The Kier molecular flexibility index (Phi) is 4.37. The summed E-state index contributed by atoms with van der Waals surface area (Å²) in [6, 6.07) is 10.4. The molecule has 0 aromatic heterocycles. The van der Waals surface area contributed by atoms with Gasteiger partial charge in [0, 0.05) is 25.0 Å². The van der Waals surface area contributed by atoms with E-state index in [0.717, 1.165) is 31.4 Å². The van der Waals surface area contributed by atoms with Gasteiger partial charge in [-0.3, -0.25) is 4.79 Å². The van der Waals surface area contributed by atoms with Crippen LogP contribution in [0.15, 0.2) is 30.3 Å². The second kappa shape index (κ2) is 6.01. The number of hydrogen-bond acceptors (Lipinski definition) is 2. The quantitative estimate of drug-likeness (QED) is 0.887. The summed E-state index contributed by atoms with van der Waals surface area (Å²) in [6.07, 6.45) is 3.56. The Hall–Kier alpha value is -1.35. The Balaban J connectivity index is 1.83. The monoisotopic (exact) mass is 246 g/mol. The van der Waals surface area contributed by atoms with Gasteiger partial charge < -0.3 is 10.6 Å². The summed E-state index contributed by atoms with van der Waals surface area (Å²) in [4.78, 5) is 14.1. The van der Waals surface area contributed by atoms with Crippen LogP contribution in [0.4, 0.5) is 0 Å². The normalized spacial score (nSPS) is 21.0. The SMILES string of the molecule is CC1CCCN1C(=O)CCC(N)c1ccccc1. The molecule has 1 saturated heterocycles. The molecule has 98 valence electrons. The van der Waals surface area contributed by atoms with Crippen molar-refractivity contribution in [2.24, 2.45) is 5.73 Å². The highest BCUT2D eigenvalue weighted by Crippen LogP contribution is 2.20. The summed E-state index contributed by atoms with van der Waals surface area (Å²) >= 11 is 0. The molecule has 2 atom stereocenters. The Morgan fingerprint density at radius 1 is 1.44 bits per heavy atom. The van der Waals surface area contributed by atoms with Gasteiger partial charge in [0.05, 0.1) is 0 Å². The van der Waals surface area contributed by atoms with Gasteiger partial charge in [0.15, 0.2) is 0 Å². The predicted molar refractivity (Wildman–Crippen MR) is 73.0 cm³/mol. The molecule has 1 heterocycles. The number of carbonyl (C=O) groups excluding carboxylic acids is 1. The van der Waals surface area contributed by atoms with Crippen LogP contribution in [0.25, 0.3) is 0 Å². The summed E-state index contributed by atoms with van der Waals surface area (Å²) in [5, 5.41) is 0. The largest absolute Gasteiger partial charge is 0.340 e. The third-order valence-corrected chi connectivity index (χ3v) is 3.77. The van der Waals surface area contributed by atoms with Crippen molar-refractivity contribution < 1.29 is 4.79 Å². The maximum Gasteiger partial charge on any atom is 0.222 e. The van der Waals surface area contributed by atoms with Crippen LogP contribution in [0.2, 0.25) is 0 Å². The van der Waals surface area contributed by atoms with Crippen molar-refractivity contribution in [1.82, 2.24) is 4.90 Å². The number of nitrogens with zero attached hydrogens (tertiary/aromatic N) is 1. The van der Waals surface area contributed by atoms with Crippen molar-refractivity contribution in [2.45, 2.75) is 44.7 Å². The third kappa shape index (κ3) is 3.10. The lowest BCUT2D eigenvalue weighted by molar-refractivity contribution is -0.131. The van der Waals surface area contributed by atoms with E-state index in [0.29, 0.717) is 12.5 Å². The molecule has 1 aromatic carbocycles. The number of hydrogen-bond donors (Lipinski definition) is 1. The molecule has 0 spiro atoms. The Morgan fingerprint density at radius 3 is 2.78 bits per heavy atom. The van der Waals surface area contributed by atoms with Crippen LogP contribution >= 0.6 is 0 Å². The number of benzene rings is 1. The topological polar surface area (TPSA) is 46.3 Å². The fourth-order valence-electron chi connectivity index (χ4n) is 2.59. The van der Waals surface area contributed by atoms with E-state index in [1.54, 1.807) is 0 Å². The zero-order chi connectivity index (χ0) is 13.0. The zero-order valence-corrected chi connectivity index (χ0v) is 11.0. The predicted octanol–water partition coefficient (Wildman–Crippen LogP) is 2.48. The average molecular weight is 246 g/mol. The van der Waals surface area contributed by atoms with Gasteiger partial charge in [-0.25, -0.2) is 0 Å². The minimum Gasteiger partial charge on any atom is -0.340 e. The number of carbonyl (C=O) groups is 1. The van der Waals surface area contributed by atoms with Crippen molar-refractivity contribution in [3.05, 3.63) is 35.9 Å². The van der Waals surface area contributed by atoms with Gasteiger partial charge in [-0.2, -0.15) is 0 Å². The van der Waals surface area contributed by atoms with E-state index in [1.807, 2.05) is 35.2 Å². The van der Waals surface area contributed by atoms with E-state index in [-0.39, 0.29) is 11.9 Å². The van der Waals surface area contributed by atoms with Gasteiger partial charge in [-0.1, -0.05) is 30.3 Å². The lowest BCUT2D eigenvalue weighted by atomic mass is 10.0. The summed E-state index contributed by atoms with van der Waals surface area (Å²) in [5.74, 6) is 0.256. The van der Waals surface area contributed by atoms with E-state index in [2.05, 4.69) is 6.92 Å². The molecule has 2 rings (SSSR count). The fourth-order valence-corrected chi connectivity index (χ4v) is 2.59. The summed E-state index contributed by atoms with van der Waals surface area (Å²) in [6.45, 7) is 3.04. The van der Waals surface area contributed by atoms with Gasteiger partial charge in [-0.05, 0) is 31.7 Å². The van der Waals surface area contributed by atoms with Gasteiger partial charge in [0.1, 0.15) is 0 Å². The molecule has 0 bridgehead atoms. The van der Waals surface area contributed by atoms with Crippen LogP contribution in [0.3, 0.4) is 0 Å². The molecule has 1 fully saturated rings. The lowest BCUT2D eigenvalue weighted by Crippen LogP contribution is -2.33. The molecule has 1 aliphatic heterocycles. The number of nitrogens with two attached hydrogens (primary N) is 1. The van der Waals surface area contributed by atoms with Crippen molar-refractivity contribution in [2.75, 3.05) is 6.54 Å². The first kappa shape index (κ1) is 13.1. The second-order valence-electron chi connectivity index (χ2n) is 5.13. The summed E-state index contributed by atoms with van der Waals surface area (Å²) in [5.41, 5.74) is 7.22. The van der Waals surface area contributed by atoms with Crippen LogP contribution in [-0.4, -0.2) is 23.4 Å².